The Morgan fingerprint density at radius 3 is 1.90 bits per heavy atom. The van der Waals surface area contributed by atoms with E-state index in [4.69, 9.17) is 34.8 Å². The molecule has 6 heteroatoms. The van der Waals surface area contributed by atoms with Gasteiger partial charge in [0.1, 0.15) is 0 Å². The van der Waals surface area contributed by atoms with Gasteiger partial charge in [0.25, 0.3) is 6.33 Å². The first-order valence-corrected chi connectivity index (χ1v) is 3.47. The molecule has 0 aliphatic heterocycles. The fourth-order valence-electron chi connectivity index (χ4n) is 0.403. The molecular formula is C4H3Cl3N3+. The zero-order chi connectivity index (χ0) is 7.61. The van der Waals surface area contributed by atoms with Gasteiger partial charge in [-0.15, -0.1) is 0 Å². The topological polar surface area (TPSA) is 29.7 Å². The summed E-state index contributed by atoms with van der Waals surface area (Å²) in [6, 6.07) is 0. The lowest BCUT2D eigenvalue weighted by molar-refractivity contribution is -0.705. The average molecular weight is 199 g/mol. The zero-order valence-corrected chi connectivity index (χ0v) is 6.98. The SMILES string of the molecule is ClC(Cl)(Cl)[n+]1cncnc1. The highest BCUT2D eigenvalue weighted by Crippen LogP contribution is 2.24. The van der Waals surface area contributed by atoms with E-state index in [1.54, 1.807) is 0 Å². The molecule has 10 heavy (non-hydrogen) atoms. The second-order valence-electron chi connectivity index (χ2n) is 1.52. The van der Waals surface area contributed by atoms with E-state index in [1.807, 2.05) is 0 Å². The summed E-state index contributed by atoms with van der Waals surface area (Å²) in [5.41, 5.74) is 0. The van der Waals surface area contributed by atoms with Crippen LogP contribution in [0.4, 0.5) is 0 Å². The maximum atomic E-state index is 5.47. The van der Waals surface area contributed by atoms with E-state index in [9.17, 15) is 0 Å². The highest BCUT2D eigenvalue weighted by molar-refractivity contribution is 6.63. The van der Waals surface area contributed by atoms with E-state index >= 15 is 0 Å². The Kier molecular flexibility index (Phi) is 2.28. The molecule has 1 aromatic rings. The van der Waals surface area contributed by atoms with Crippen LogP contribution in [0.1, 0.15) is 0 Å². The van der Waals surface area contributed by atoms with Gasteiger partial charge in [-0.05, 0) is 34.8 Å². The molecule has 0 radical (unpaired) electrons. The van der Waals surface area contributed by atoms with Crippen molar-refractivity contribution < 1.29 is 4.57 Å². The number of nitrogens with zero attached hydrogens (tertiary/aromatic N) is 3. The molecule has 0 aliphatic rings. The van der Waals surface area contributed by atoms with Crippen LogP contribution >= 0.6 is 34.8 Å². The van der Waals surface area contributed by atoms with E-state index < -0.39 is 3.92 Å². The van der Waals surface area contributed by atoms with Gasteiger partial charge >= 0.3 is 3.92 Å². The van der Waals surface area contributed by atoms with Crippen LogP contribution in [0, 0.1) is 0 Å². The number of hydrogen-bond donors (Lipinski definition) is 0. The van der Waals surface area contributed by atoms with Gasteiger partial charge in [0.05, 0.1) is 0 Å². The smallest absolute Gasteiger partial charge is 0.192 e. The molecule has 0 amide bonds. The summed E-state index contributed by atoms with van der Waals surface area (Å²) < 4.78 is -0.237. The van der Waals surface area contributed by atoms with Gasteiger partial charge in [-0.3, -0.25) is 0 Å². The first-order chi connectivity index (χ1) is 4.61. The molecule has 0 unspecified atom stereocenters. The minimum Gasteiger partial charge on any atom is -0.192 e. The van der Waals surface area contributed by atoms with E-state index in [0.29, 0.717) is 0 Å². The Morgan fingerprint density at radius 1 is 1.10 bits per heavy atom. The molecule has 0 aliphatic carbocycles. The van der Waals surface area contributed by atoms with Crippen molar-refractivity contribution in [3.8, 4) is 0 Å². The predicted octanol–water partition coefficient (Wildman–Crippen LogP) is 1.05. The van der Waals surface area contributed by atoms with Crippen LogP contribution in [0.25, 0.3) is 0 Å². The second-order valence-corrected chi connectivity index (χ2v) is 3.74. The number of hydrogen-bond acceptors (Lipinski definition) is 2. The van der Waals surface area contributed by atoms with Crippen LogP contribution in [0.2, 0.25) is 0 Å². The third-order valence-corrected chi connectivity index (χ3v) is 1.39. The molecule has 0 fully saturated rings. The average Bonchev–Trinajstić information content (AvgIpc) is 1.88. The highest BCUT2D eigenvalue weighted by atomic mass is 35.6. The molecular weight excluding hydrogens is 196 g/mol. The lowest BCUT2D eigenvalue weighted by Crippen LogP contribution is -2.44. The summed E-state index contributed by atoms with van der Waals surface area (Å²) in [4.78, 5) is 7.30. The van der Waals surface area contributed by atoms with Crippen LogP contribution in [-0.4, -0.2) is 9.97 Å². The summed E-state index contributed by atoms with van der Waals surface area (Å²) >= 11 is 16.4. The van der Waals surface area contributed by atoms with Crippen molar-refractivity contribution in [2.24, 2.45) is 0 Å². The standard InChI is InChI=1S/C4H3Cl3N3/c5-4(6,7)10-2-8-1-9-3-10/h1-3H/q+1. The molecule has 0 saturated carbocycles. The molecule has 0 bridgehead atoms. The molecule has 1 heterocycles. The Labute approximate surface area is 72.6 Å². The van der Waals surface area contributed by atoms with Crippen LogP contribution < -0.4 is 4.57 Å². The van der Waals surface area contributed by atoms with Crippen molar-refractivity contribution >= 4 is 34.8 Å². The Hall–Kier alpha value is -0.120. The van der Waals surface area contributed by atoms with E-state index in [0.717, 1.165) is 0 Å². The van der Waals surface area contributed by atoms with Crippen LogP contribution in [0.15, 0.2) is 19.0 Å². The van der Waals surface area contributed by atoms with Crippen LogP contribution in [0.5, 0.6) is 0 Å². The number of halogens is 3. The van der Waals surface area contributed by atoms with E-state index in [2.05, 4.69) is 9.97 Å². The number of alkyl halides is 3. The number of aromatic nitrogens is 3. The Balaban J connectivity index is 2.97. The maximum Gasteiger partial charge on any atom is 0.319 e. The van der Waals surface area contributed by atoms with Crippen molar-refractivity contribution in [2.45, 2.75) is 3.92 Å². The fraction of sp³-hybridized carbons (Fsp3) is 0.250. The van der Waals surface area contributed by atoms with E-state index in [1.165, 1.54) is 23.5 Å². The lowest BCUT2D eigenvalue weighted by Gasteiger charge is -2.05. The molecule has 54 valence electrons. The van der Waals surface area contributed by atoms with Crippen molar-refractivity contribution in [1.82, 2.24) is 9.97 Å². The summed E-state index contributed by atoms with van der Waals surface area (Å²) in [6.07, 6.45) is 4.10. The van der Waals surface area contributed by atoms with Crippen molar-refractivity contribution in [1.29, 1.82) is 0 Å². The van der Waals surface area contributed by atoms with Gasteiger partial charge in [-0.2, -0.15) is 4.57 Å². The van der Waals surface area contributed by atoms with Crippen LogP contribution in [0.3, 0.4) is 0 Å². The van der Waals surface area contributed by atoms with Crippen molar-refractivity contribution in [3.05, 3.63) is 19.0 Å². The third kappa shape index (κ3) is 1.94. The fourth-order valence-corrected chi connectivity index (χ4v) is 0.664. The Bertz CT molecular complexity index is 207. The molecule has 0 saturated heterocycles. The lowest BCUT2D eigenvalue weighted by atomic mass is 11.0. The predicted molar refractivity (Wildman–Crippen MR) is 37.8 cm³/mol. The summed E-state index contributed by atoms with van der Waals surface area (Å²) in [5.74, 6) is 0. The molecule has 0 atom stereocenters. The normalized spacial score (nSPS) is 11.5. The van der Waals surface area contributed by atoms with Gasteiger partial charge in [0.15, 0.2) is 0 Å². The van der Waals surface area contributed by atoms with Crippen molar-refractivity contribution in [2.75, 3.05) is 0 Å². The first kappa shape index (κ1) is 7.98. The monoisotopic (exact) mass is 198 g/mol. The van der Waals surface area contributed by atoms with Gasteiger partial charge in [-0.1, -0.05) is 9.97 Å². The van der Waals surface area contributed by atoms with Crippen molar-refractivity contribution in [3.63, 3.8) is 0 Å². The summed E-state index contributed by atoms with van der Waals surface area (Å²) in [7, 11) is 0. The molecule has 0 aromatic carbocycles. The summed E-state index contributed by atoms with van der Waals surface area (Å²) in [6.45, 7) is 0. The molecule has 0 N–H and O–H groups in total. The van der Waals surface area contributed by atoms with Crippen LogP contribution in [-0.2, 0) is 3.92 Å². The highest BCUT2D eigenvalue weighted by Gasteiger charge is 2.25. The van der Waals surface area contributed by atoms with Gasteiger partial charge < -0.3 is 0 Å². The maximum absolute atomic E-state index is 5.47. The molecule has 1 aromatic heterocycles. The van der Waals surface area contributed by atoms with Gasteiger partial charge in [0.2, 0.25) is 12.7 Å². The second kappa shape index (κ2) is 2.86. The Morgan fingerprint density at radius 2 is 1.60 bits per heavy atom. The van der Waals surface area contributed by atoms with E-state index in [-0.39, 0.29) is 0 Å². The zero-order valence-electron chi connectivity index (χ0n) is 4.71. The van der Waals surface area contributed by atoms with Gasteiger partial charge in [-0.25, -0.2) is 0 Å². The number of rotatable bonds is 0. The molecule has 1 rings (SSSR count). The quantitative estimate of drug-likeness (QED) is 0.462. The minimum absolute atomic E-state index is 1.26. The largest absolute Gasteiger partial charge is 0.319 e. The third-order valence-electron chi connectivity index (χ3n) is 0.808. The van der Waals surface area contributed by atoms with Gasteiger partial charge in [0, 0.05) is 0 Å². The summed E-state index contributed by atoms with van der Waals surface area (Å²) in [5, 5.41) is 0. The molecule has 3 nitrogen and oxygen atoms in total. The first-order valence-electron chi connectivity index (χ1n) is 2.34. The molecule has 0 spiro atoms. The minimum atomic E-state index is -1.50.